The van der Waals surface area contributed by atoms with E-state index in [0.29, 0.717) is 19.3 Å². The molecule has 0 saturated heterocycles. The van der Waals surface area contributed by atoms with Gasteiger partial charge >= 0.3 is 5.97 Å². The number of carbonyl (C=O) groups is 2. The number of allylic oxidation sites excluding steroid dienone is 4. The minimum Gasteiger partial charge on any atom is -0.481 e. The summed E-state index contributed by atoms with van der Waals surface area (Å²) in [6.45, 7) is 4.31. The first kappa shape index (κ1) is 22.4. The topological polar surface area (TPSA) is 74.6 Å². The summed E-state index contributed by atoms with van der Waals surface area (Å²) < 4.78 is 1.26. The Morgan fingerprint density at radius 1 is 1.27 bits per heavy atom. The third kappa shape index (κ3) is 5.46. The van der Waals surface area contributed by atoms with Crippen molar-refractivity contribution in [3.8, 4) is 0 Å². The monoisotopic (exact) mass is 426 g/mol. The molecular weight excluding hydrogens is 396 g/mol. The van der Waals surface area contributed by atoms with Gasteiger partial charge in [0.05, 0.1) is 6.10 Å². The van der Waals surface area contributed by atoms with Gasteiger partial charge in [-0.05, 0) is 36.8 Å². The Morgan fingerprint density at radius 3 is 2.77 bits per heavy atom. The molecule has 3 rings (SSSR count). The molecule has 0 spiro atoms. The van der Waals surface area contributed by atoms with E-state index in [-0.39, 0.29) is 35.9 Å². The van der Waals surface area contributed by atoms with Gasteiger partial charge in [0.1, 0.15) is 5.78 Å². The second-order valence-corrected chi connectivity index (χ2v) is 9.73. The smallest absolute Gasteiger partial charge is 0.303 e. The average Bonchev–Trinajstić information content (AvgIpc) is 3.24. The summed E-state index contributed by atoms with van der Waals surface area (Å²) in [6.07, 6.45) is 9.71. The fourth-order valence-corrected chi connectivity index (χ4v) is 5.14. The number of fused-ring (bicyclic) bond motifs is 1. The van der Waals surface area contributed by atoms with Crippen molar-refractivity contribution >= 4 is 33.2 Å². The minimum absolute atomic E-state index is 0.0927. The van der Waals surface area contributed by atoms with Crippen molar-refractivity contribution in [3.05, 3.63) is 59.5 Å². The van der Waals surface area contributed by atoms with Gasteiger partial charge < -0.3 is 10.2 Å². The van der Waals surface area contributed by atoms with Gasteiger partial charge in [0, 0.05) is 39.7 Å². The highest BCUT2D eigenvalue weighted by Gasteiger charge is 2.39. The quantitative estimate of drug-likeness (QED) is 0.410. The predicted octanol–water partition coefficient (Wildman–Crippen LogP) is 5.50. The lowest BCUT2D eigenvalue weighted by molar-refractivity contribution is -0.137. The standard InChI is InChI=1S/C25H30O4S/c1-25(2,23-15-17-9-7-8-11-22(17)30-23)14-13-19-18(20(26)16-21(19)27)10-5-3-4-6-12-24(28)29/h3,5,7-9,11,13-15,18-20,26H,4,6,10,12,16H2,1-2H3,(H,28,29)/t18-,19-,20+/m1/s1. The van der Waals surface area contributed by atoms with Gasteiger partial charge in [-0.15, -0.1) is 11.3 Å². The molecule has 2 N–H and O–H groups in total. The van der Waals surface area contributed by atoms with E-state index >= 15 is 0 Å². The number of rotatable bonds is 9. The largest absolute Gasteiger partial charge is 0.481 e. The van der Waals surface area contributed by atoms with Gasteiger partial charge in [0.15, 0.2) is 0 Å². The maximum absolute atomic E-state index is 12.5. The fraction of sp³-hybridized carbons (Fsp3) is 0.440. The average molecular weight is 427 g/mol. The van der Waals surface area contributed by atoms with Crippen LogP contribution in [-0.4, -0.2) is 28.1 Å². The van der Waals surface area contributed by atoms with Crippen molar-refractivity contribution in [2.45, 2.75) is 57.5 Å². The van der Waals surface area contributed by atoms with Gasteiger partial charge in [-0.2, -0.15) is 0 Å². The zero-order valence-corrected chi connectivity index (χ0v) is 18.4. The van der Waals surface area contributed by atoms with Gasteiger partial charge in [-0.3, -0.25) is 9.59 Å². The number of hydrogen-bond donors (Lipinski definition) is 2. The first-order valence-corrected chi connectivity index (χ1v) is 11.4. The molecule has 1 fully saturated rings. The van der Waals surface area contributed by atoms with Crippen LogP contribution in [0.25, 0.3) is 10.1 Å². The van der Waals surface area contributed by atoms with Gasteiger partial charge in [0.2, 0.25) is 0 Å². The summed E-state index contributed by atoms with van der Waals surface area (Å²) in [6, 6.07) is 10.5. The third-order valence-electron chi connectivity index (χ3n) is 5.85. The lowest BCUT2D eigenvalue weighted by Gasteiger charge is -2.21. The van der Waals surface area contributed by atoms with Crippen LogP contribution in [0.2, 0.25) is 0 Å². The maximum Gasteiger partial charge on any atom is 0.303 e. The van der Waals surface area contributed by atoms with Crippen LogP contribution in [-0.2, 0) is 15.0 Å². The highest BCUT2D eigenvalue weighted by molar-refractivity contribution is 7.19. The second kappa shape index (κ2) is 9.71. The van der Waals surface area contributed by atoms with Crippen molar-refractivity contribution < 1.29 is 19.8 Å². The number of ketones is 1. The number of unbranched alkanes of at least 4 members (excludes halogenated alkanes) is 1. The Balaban J connectivity index is 1.67. The molecule has 5 heteroatoms. The van der Waals surface area contributed by atoms with Gasteiger partial charge in [-0.25, -0.2) is 0 Å². The molecule has 0 bridgehead atoms. The molecule has 0 aliphatic heterocycles. The summed E-state index contributed by atoms with van der Waals surface area (Å²) in [5, 5.41) is 20.3. The van der Waals surface area contributed by atoms with Gasteiger partial charge in [-0.1, -0.05) is 56.4 Å². The Hall–Kier alpha value is -2.24. The molecule has 160 valence electrons. The van der Waals surface area contributed by atoms with Crippen LogP contribution in [0.5, 0.6) is 0 Å². The molecule has 1 aromatic heterocycles. The Bertz CT molecular complexity index is 920. The summed E-state index contributed by atoms with van der Waals surface area (Å²) in [5.74, 6) is -1.10. The van der Waals surface area contributed by atoms with Crippen LogP contribution in [0, 0.1) is 11.8 Å². The van der Waals surface area contributed by atoms with Crippen molar-refractivity contribution in [1.29, 1.82) is 0 Å². The SMILES string of the molecule is CC(C)(C=C[C@H]1C(=O)C[C@H](O)[C@@H]1CC=CCCCC(=O)O)c1cc2ccccc2s1. The number of aliphatic hydroxyl groups is 1. The van der Waals surface area contributed by atoms with Crippen molar-refractivity contribution in [2.75, 3.05) is 0 Å². The van der Waals surface area contributed by atoms with Crippen molar-refractivity contribution in [2.24, 2.45) is 11.8 Å². The molecule has 1 aliphatic carbocycles. The van der Waals surface area contributed by atoms with E-state index in [1.165, 1.54) is 15.0 Å². The molecule has 4 nitrogen and oxygen atoms in total. The first-order valence-electron chi connectivity index (χ1n) is 10.5. The van der Waals surface area contributed by atoms with Crippen molar-refractivity contribution in [1.82, 2.24) is 0 Å². The fourth-order valence-electron chi connectivity index (χ4n) is 3.99. The molecular formula is C25H30O4S. The molecule has 3 atom stereocenters. The summed E-state index contributed by atoms with van der Waals surface area (Å²) in [5.41, 5.74) is -0.200. The molecule has 0 amide bonds. The zero-order valence-electron chi connectivity index (χ0n) is 17.6. The summed E-state index contributed by atoms with van der Waals surface area (Å²) in [7, 11) is 0. The molecule has 1 aliphatic rings. The molecule has 2 aromatic rings. The van der Waals surface area contributed by atoms with E-state index in [1.54, 1.807) is 11.3 Å². The molecule has 30 heavy (non-hydrogen) atoms. The molecule has 0 radical (unpaired) electrons. The lowest BCUT2D eigenvalue weighted by atomic mass is 9.85. The number of hydrogen-bond acceptors (Lipinski definition) is 4. The number of carboxylic acid groups (broad SMARTS) is 1. The zero-order chi connectivity index (χ0) is 21.7. The predicted molar refractivity (Wildman–Crippen MR) is 122 cm³/mol. The van der Waals surface area contributed by atoms with Crippen LogP contribution in [0.15, 0.2) is 54.6 Å². The van der Waals surface area contributed by atoms with Crippen LogP contribution in [0.4, 0.5) is 0 Å². The van der Waals surface area contributed by atoms with Gasteiger partial charge in [0.25, 0.3) is 0 Å². The number of Topliss-reactive ketones (excluding diaryl/α,β-unsaturated/α-hetero) is 1. The van der Waals surface area contributed by atoms with Crippen LogP contribution >= 0.6 is 11.3 Å². The Labute approximate surface area is 181 Å². The summed E-state index contributed by atoms with van der Waals surface area (Å²) in [4.78, 5) is 24.3. The van der Waals surface area contributed by atoms with E-state index in [1.807, 2.05) is 30.4 Å². The number of carbonyl (C=O) groups excluding carboxylic acids is 1. The van der Waals surface area contributed by atoms with E-state index in [0.717, 1.165) is 0 Å². The van der Waals surface area contributed by atoms with Crippen LogP contribution < -0.4 is 0 Å². The lowest BCUT2D eigenvalue weighted by Crippen LogP contribution is -2.20. The Morgan fingerprint density at radius 2 is 2.03 bits per heavy atom. The number of aliphatic hydroxyl groups excluding tert-OH is 1. The normalized spacial score (nSPS) is 22.6. The number of thiophene rings is 1. The summed E-state index contributed by atoms with van der Waals surface area (Å²) >= 11 is 1.77. The molecule has 0 unspecified atom stereocenters. The highest BCUT2D eigenvalue weighted by Crippen LogP contribution is 2.38. The number of carboxylic acids is 1. The molecule has 1 aromatic carbocycles. The molecule has 1 heterocycles. The Kier molecular flexibility index (Phi) is 7.27. The van der Waals surface area contributed by atoms with E-state index in [4.69, 9.17) is 5.11 Å². The van der Waals surface area contributed by atoms with E-state index < -0.39 is 12.1 Å². The van der Waals surface area contributed by atoms with E-state index in [2.05, 4.69) is 38.1 Å². The van der Waals surface area contributed by atoms with Crippen LogP contribution in [0.1, 0.15) is 50.8 Å². The third-order valence-corrected chi connectivity index (χ3v) is 7.31. The number of aliphatic carboxylic acids is 1. The number of benzene rings is 1. The van der Waals surface area contributed by atoms with Crippen LogP contribution in [0.3, 0.4) is 0 Å². The second-order valence-electron chi connectivity index (χ2n) is 8.65. The van der Waals surface area contributed by atoms with E-state index in [9.17, 15) is 14.7 Å². The minimum atomic E-state index is -0.785. The first-order chi connectivity index (χ1) is 14.3. The van der Waals surface area contributed by atoms with Crippen molar-refractivity contribution in [3.63, 3.8) is 0 Å². The molecule has 1 saturated carbocycles. The maximum atomic E-state index is 12.5. The highest BCUT2D eigenvalue weighted by atomic mass is 32.1.